The molecule has 0 saturated heterocycles. The number of para-hydroxylation sites is 1. The highest BCUT2D eigenvalue weighted by Gasteiger charge is 2.27. The number of sulfonamides is 1. The first-order chi connectivity index (χ1) is 18.2. The van der Waals surface area contributed by atoms with Gasteiger partial charge in [-0.05, 0) is 80.6 Å². The number of anilines is 1. The molecule has 0 aliphatic rings. The van der Waals surface area contributed by atoms with Crippen LogP contribution in [0.3, 0.4) is 0 Å². The Balaban J connectivity index is 1.53. The second-order valence-electron chi connectivity index (χ2n) is 8.45. The van der Waals surface area contributed by atoms with Gasteiger partial charge in [-0.25, -0.2) is 13.8 Å². The molecule has 4 rings (SSSR count). The Kier molecular flexibility index (Phi) is 8.33. The van der Waals surface area contributed by atoms with Gasteiger partial charge in [0.15, 0.2) is 0 Å². The second-order valence-corrected chi connectivity index (χ2v) is 11.2. The number of benzene rings is 3. The van der Waals surface area contributed by atoms with Crippen molar-refractivity contribution in [3.8, 4) is 11.4 Å². The third kappa shape index (κ3) is 5.98. The number of amides is 1. The van der Waals surface area contributed by atoms with Crippen LogP contribution in [0.4, 0.5) is 5.69 Å². The maximum atomic E-state index is 13.5. The van der Waals surface area contributed by atoms with Crippen molar-refractivity contribution in [3.05, 3.63) is 106 Å². The minimum absolute atomic E-state index is 0.0406. The number of hydrogen-bond acceptors (Lipinski definition) is 5. The zero-order valence-corrected chi connectivity index (χ0v) is 23.5. The molecule has 0 atom stereocenters. The van der Waals surface area contributed by atoms with Crippen molar-refractivity contribution in [1.29, 1.82) is 0 Å². The van der Waals surface area contributed by atoms with Gasteiger partial charge in [-0.3, -0.25) is 9.10 Å². The molecule has 0 aliphatic heterocycles. The molecule has 3 aromatic carbocycles. The van der Waals surface area contributed by atoms with E-state index in [-0.39, 0.29) is 4.90 Å². The summed E-state index contributed by atoms with van der Waals surface area (Å²) in [5, 5.41) is 4.11. The van der Waals surface area contributed by atoms with Crippen molar-refractivity contribution in [2.24, 2.45) is 5.10 Å². The quantitative estimate of drug-likeness (QED) is 0.213. The number of rotatable bonds is 9. The van der Waals surface area contributed by atoms with Gasteiger partial charge in [0.25, 0.3) is 15.9 Å². The molecule has 0 radical (unpaired) electrons. The lowest BCUT2D eigenvalue weighted by molar-refractivity contribution is -0.119. The highest BCUT2D eigenvalue weighted by molar-refractivity contribution is 9.10. The second kappa shape index (κ2) is 11.7. The van der Waals surface area contributed by atoms with E-state index in [1.807, 2.05) is 44.2 Å². The van der Waals surface area contributed by atoms with Crippen molar-refractivity contribution in [1.82, 2.24) is 9.99 Å². The van der Waals surface area contributed by atoms with Crippen LogP contribution in [0.25, 0.3) is 5.69 Å². The Morgan fingerprint density at radius 3 is 2.32 bits per heavy atom. The van der Waals surface area contributed by atoms with Crippen LogP contribution in [0, 0.1) is 13.8 Å². The molecule has 8 nitrogen and oxygen atoms in total. The SMILES string of the molecule is COc1ccc(S(=O)(=O)N(CC(=O)N/N=C\c2cc(C)n(-c3ccc(Br)cc3)c2C)c2ccccc2)cc1. The Hall–Kier alpha value is -3.89. The third-order valence-electron chi connectivity index (χ3n) is 5.93. The third-order valence-corrected chi connectivity index (χ3v) is 8.24. The van der Waals surface area contributed by atoms with Crippen LogP contribution in [0.1, 0.15) is 17.0 Å². The number of methoxy groups -OCH3 is 1. The van der Waals surface area contributed by atoms with Crippen molar-refractivity contribution in [3.63, 3.8) is 0 Å². The normalized spacial score (nSPS) is 11.5. The summed E-state index contributed by atoms with van der Waals surface area (Å²) < 4.78 is 36.2. The van der Waals surface area contributed by atoms with Crippen LogP contribution < -0.4 is 14.5 Å². The van der Waals surface area contributed by atoms with Gasteiger partial charge in [0, 0.05) is 27.1 Å². The van der Waals surface area contributed by atoms with Gasteiger partial charge in [0.2, 0.25) is 0 Å². The van der Waals surface area contributed by atoms with Crippen LogP contribution in [-0.4, -0.2) is 38.8 Å². The topological polar surface area (TPSA) is 93.0 Å². The summed E-state index contributed by atoms with van der Waals surface area (Å²) in [6.45, 7) is 3.51. The average molecular weight is 596 g/mol. The minimum Gasteiger partial charge on any atom is -0.497 e. The predicted molar refractivity (Wildman–Crippen MR) is 153 cm³/mol. The number of hydrazone groups is 1. The molecule has 1 amide bonds. The molecular weight excluding hydrogens is 568 g/mol. The van der Waals surface area contributed by atoms with Gasteiger partial charge in [0.05, 0.1) is 23.9 Å². The number of halogens is 1. The lowest BCUT2D eigenvalue weighted by Gasteiger charge is -2.23. The average Bonchev–Trinajstić information content (AvgIpc) is 3.20. The van der Waals surface area contributed by atoms with Gasteiger partial charge in [0.1, 0.15) is 12.3 Å². The first kappa shape index (κ1) is 27.2. The van der Waals surface area contributed by atoms with E-state index in [0.29, 0.717) is 11.4 Å². The molecule has 1 aromatic heterocycles. The molecular formula is C28H27BrN4O4S. The first-order valence-corrected chi connectivity index (χ1v) is 13.9. The fraction of sp³-hybridized carbons (Fsp3) is 0.143. The van der Waals surface area contributed by atoms with Crippen LogP contribution >= 0.6 is 15.9 Å². The number of ether oxygens (including phenoxy) is 1. The molecule has 0 spiro atoms. The number of nitrogens with one attached hydrogen (secondary N) is 1. The molecule has 0 saturated carbocycles. The molecule has 0 fully saturated rings. The number of carbonyl (C=O) groups is 1. The highest BCUT2D eigenvalue weighted by atomic mass is 79.9. The van der Waals surface area contributed by atoms with Crippen LogP contribution in [-0.2, 0) is 14.8 Å². The van der Waals surface area contributed by atoms with Crippen LogP contribution in [0.15, 0.2) is 99.4 Å². The van der Waals surface area contributed by atoms with E-state index in [9.17, 15) is 13.2 Å². The van der Waals surface area contributed by atoms with E-state index in [1.165, 1.54) is 19.2 Å². The molecule has 0 unspecified atom stereocenters. The summed E-state index contributed by atoms with van der Waals surface area (Å²) in [4.78, 5) is 12.9. The van der Waals surface area contributed by atoms with E-state index in [1.54, 1.807) is 48.7 Å². The Morgan fingerprint density at radius 2 is 1.68 bits per heavy atom. The number of nitrogens with zero attached hydrogens (tertiary/aromatic N) is 3. The summed E-state index contributed by atoms with van der Waals surface area (Å²) >= 11 is 3.45. The van der Waals surface area contributed by atoms with E-state index in [2.05, 4.69) is 31.0 Å². The van der Waals surface area contributed by atoms with Gasteiger partial charge < -0.3 is 9.30 Å². The minimum atomic E-state index is -4.04. The lowest BCUT2D eigenvalue weighted by Crippen LogP contribution is -2.39. The zero-order valence-electron chi connectivity index (χ0n) is 21.1. The van der Waals surface area contributed by atoms with Gasteiger partial charge in [-0.1, -0.05) is 34.1 Å². The molecule has 4 aromatic rings. The maximum Gasteiger partial charge on any atom is 0.264 e. The fourth-order valence-electron chi connectivity index (χ4n) is 4.03. The van der Waals surface area contributed by atoms with E-state index >= 15 is 0 Å². The summed E-state index contributed by atoms with van der Waals surface area (Å²) in [7, 11) is -2.53. The highest BCUT2D eigenvalue weighted by Crippen LogP contribution is 2.25. The van der Waals surface area contributed by atoms with E-state index in [0.717, 1.165) is 31.4 Å². The Morgan fingerprint density at radius 1 is 1.03 bits per heavy atom. The first-order valence-electron chi connectivity index (χ1n) is 11.7. The maximum absolute atomic E-state index is 13.5. The molecule has 0 bridgehead atoms. The molecule has 0 aliphatic carbocycles. The molecule has 38 heavy (non-hydrogen) atoms. The monoisotopic (exact) mass is 594 g/mol. The Labute approximate surface area is 230 Å². The number of aryl methyl sites for hydroxylation is 1. The fourth-order valence-corrected chi connectivity index (χ4v) is 5.71. The van der Waals surface area contributed by atoms with Crippen LogP contribution in [0.2, 0.25) is 0 Å². The van der Waals surface area contributed by atoms with Crippen molar-refractivity contribution in [2.75, 3.05) is 18.0 Å². The van der Waals surface area contributed by atoms with Crippen molar-refractivity contribution >= 4 is 43.8 Å². The number of carbonyl (C=O) groups excluding carboxylic acids is 1. The standard InChI is InChI=1S/C28H27BrN4O4S/c1-20-17-22(21(2)33(20)25-11-9-23(29)10-12-25)18-30-31-28(34)19-32(24-7-5-4-6-8-24)38(35,36)27-15-13-26(37-3)14-16-27/h4-18H,19H2,1-3H3,(H,31,34)/b30-18-. The van der Waals surface area contributed by atoms with Gasteiger partial charge >= 0.3 is 0 Å². The van der Waals surface area contributed by atoms with Crippen LogP contribution in [0.5, 0.6) is 5.75 Å². The summed E-state index contributed by atoms with van der Waals surface area (Å²) in [5.74, 6) is -0.0503. The van der Waals surface area contributed by atoms with Crippen molar-refractivity contribution < 1.29 is 17.9 Å². The van der Waals surface area contributed by atoms with Gasteiger partial charge in [-0.2, -0.15) is 5.10 Å². The molecule has 10 heteroatoms. The smallest absolute Gasteiger partial charge is 0.264 e. The largest absolute Gasteiger partial charge is 0.497 e. The summed E-state index contributed by atoms with van der Waals surface area (Å²) in [6.07, 6.45) is 1.56. The van der Waals surface area contributed by atoms with Gasteiger partial charge in [-0.15, -0.1) is 0 Å². The zero-order chi connectivity index (χ0) is 27.3. The molecule has 1 heterocycles. The summed E-state index contributed by atoms with van der Waals surface area (Å²) in [5.41, 5.74) is 6.63. The lowest BCUT2D eigenvalue weighted by atomic mass is 10.2. The number of aromatic nitrogens is 1. The number of hydrogen-bond donors (Lipinski definition) is 1. The molecule has 1 N–H and O–H groups in total. The van der Waals surface area contributed by atoms with Crippen molar-refractivity contribution in [2.45, 2.75) is 18.7 Å². The Bertz CT molecular complexity index is 1550. The molecule has 196 valence electrons. The van der Waals surface area contributed by atoms with E-state index in [4.69, 9.17) is 4.74 Å². The predicted octanol–water partition coefficient (Wildman–Crippen LogP) is 5.21. The van der Waals surface area contributed by atoms with E-state index < -0.39 is 22.5 Å². The summed E-state index contributed by atoms with van der Waals surface area (Å²) in [6, 6.07) is 24.4.